The topological polar surface area (TPSA) is 108 Å². The zero-order valence-electron chi connectivity index (χ0n) is 21.9. The normalized spacial score (nSPS) is 15.6. The Morgan fingerprint density at radius 3 is 2.56 bits per heavy atom. The van der Waals surface area contributed by atoms with Crippen LogP contribution in [-0.4, -0.2) is 60.3 Å². The predicted octanol–water partition coefficient (Wildman–Crippen LogP) is 3.52. The summed E-state index contributed by atoms with van der Waals surface area (Å²) in [6, 6.07) is 20.7. The first-order chi connectivity index (χ1) is 19.1. The van der Waals surface area contributed by atoms with Crippen LogP contribution in [0.25, 0.3) is 11.0 Å². The largest absolute Gasteiger partial charge is 0.497 e. The fourth-order valence-corrected chi connectivity index (χ4v) is 4.80. The molecule has 1 aliphatic rings. The number of anilines is 1. The maximum Gasteiger partial charge on any atom is 0.249 e. The van der Waals surface area contributed by atoms with Crippen molar-refractivity contribution in [3.63, 3.8) is 0 Å². The molecule has 0 saturated carbocycles. The van der Waals surface area contributed by atoms with Gasteiger partial charge in [-0.2, -0.15) is 0 Å². The maximum atomic E-state index is 14.2. The lowest BCUT2D eigenvalue weighted by Crippen LogP contribution is -2.46. The van der Waals surface area contributed by atoms with E-state index in [9.17, 15) is 9.59 Å². The Kier molecular flexibility index (Phi) is 8.02. The molecule has 0 unspecified atom stereocenters. The van der Waals surface area contributed by atoms with E-state index in [-0.39, 0.29) is 24.5 Å². The third kappa shape index (κ3) is 5.70. The zero-order chi connectivity index (χ0) is 27.2. The highest BCUT2D eigenvalue weighted by atomic mass is 16.5. The number of fused-ring (bicyclic) bond motifs is 1. The molecule has 3 aromatic carbocycles. The van der Waals surface area contributed by atoms with Crippen LogP contribution in [-0.2, 0) is 20.9 Å². The molecule has 2 heterocycles. The lowest BCUT2D eigenvalue weighted by Gasteiger charge is -2.32. The van der Waals surface area contributed by atoms with Gasteiger partial charge in [-0.25, -0.2) is 4.68 Å². The van der Waals surface area contributed by atoms with Gasteiger partial charge in [-0.15, -0.1) is 5.10 Å². The van der Waals surface area contributed by atoms with Crippen LogP contribution < -0.4 is 19.7 Å². The molecular weight excluding hydrogens is 498 g/mol. The van der Waals surface area contributed by atoms with Crippen molar-refractivity contribution in [2.75, 3.05) is 32.3 Å². The SMILES string of the molecule is COc1ccc([C@@H](C(=O)NC[C@H]2CCCO2)N(C(=O)Cn2nnc3ccccc32)c2ccccc2OC)cc1. The molecule has 1 aromatic heterocycles. The van der Waals surface area contributed by atoms with Gasteiger partial charge < -0.3 is 19.5 Å². The fourth-order valence-electron chi connectivity index (χ4n) is 4.80. The van der Waals surface area contributed by atoms with Gasteiger partial charge in [0, 0.05) is 13.2 Å². The molecule has 0 aliphatic carbocycles. The van der Waals surface area contributed by atoms with Gasteiger partial charge in [0.25, 0.3) is 0 Å². The number of nitrogens with one attached hydrogen (secondary N) is 1. The van der Waals surface area contributed by atoms with E-state index < -0.39 is 6.04 Å². The summed E-state index contributed by atoms with van der Waals surface area (Å²) >= 11 is 0. The summed E-state index contributed by atoms with van der Waals surface area (Å²) in [6.45, 7) is 0.900. The monoisotopic (exact) mass is 529 g/mol. The third-order valence-corrected chi connectivity index (χ3v) is 6.78. The fraction of sp³-hybridized carbons (Fsp3) is 0.310. The number of carbonyl (C=O) groups is 2. The summed E-state index contributed by atoms with van der Waals surface area (Å²) in [4.78, 5) is 29.6. The van der Waals surface area contributed by atoms with Gasteiger partial charge in [0.05, 0.1) is 31.5 Å². The van der Waals surface area contributed by atoms with Gasteiger partial charge >= 0.3 is 0 Å². The van der Waals surface area contributed by atoms with Crippen LogP contribution in [0.4, 0.5) is 5.69 Å². The number of hydrogen-bond donors (Lipinski definition) is 1. The number of ether oxygens (including phenoxy) is 3. The number of carbonyl (C=O) groups excluding carboxylic acids is 2. The van der Waals surface area contributed by atoms with Crippen molar-refractivity contribution in [3.05, 3.63) is 78.4 Å². The number of para-hydroxylation sites is 3. The molecule has 4 aromatic rings. The molecule has 10 heteroatoms. The molecule has 1 saturated heterocycles. The maximum absolute atomic E-state index is 14.2. The molecule has 202 valence electrons. The molecule has 2 amide bonds. The van der Waals surface area contributed by atoms with E-state index in [1.807, 2.05) is 30.3 Å². The van der Waals surface area contributed by atoms with Gasteiger partial charge in [0.15, 0.2) is 0 Å². The van der Waals surface area contributed by atoms with Gasteiger partial charge in [-0.3, -0.25) is 14.5 Å². The van der Waals surface area contributed by atoms with E-state index in [0.717, 1.165) is 18.4 Å². The van der Waals surface area contributed by atoms with Crippen molar-refractivity contribution in [3.8, 4) is 11.5 Å². The number of amides is 2. The summed E-state index contributed by atoms with van der Waals surface area (Å²) in [5, 5.41) is 11.4. The van der Waals surface area contributed by atoms with Crippen LogP contribution in [0.15, 0.2) is 72.8 Å². The predicted molar refractivity (Wildman–Crippen MR) is 146 cm³/mol. The highest BCUT2D eigenvalue weighted by molar-refractivity contribution is 6.02. The summed E-state index contributed by atoms with van der Waals surface area (Å²) < 4.78 is 18.2. The second-order valence-electron chi connectivity index (χ2n) is 9.23. The van der Waals surface area contributed by atoms with Gasteiger partial charge in [0.1, 0.15) is 29.6 Å². The van der Waals surface area contributed by atoms with Crippen LogP contribution >= 0.6 is 0 Å². The number of benzene rings is 3. The minimum atomic E-state index is -1.00. The summed E-state index contributed by atoms with van der Waals surface area (Å²) in [6.07, 6.45) is 1.78. The van der Waals surface area contributed by atoms with E-state index in [1.54, 1.807) is 49.6 Å². The van der Waals surface area contributed by atoms with E-state index in [0.29, 0.717) is 41.4 Å². The summed E-state index contributed by atoms with van der Waals surface area (Å²) in [5.41, 5.74) is 2.47. The smallest absolute Gasteiger partial charge is 0.249 e. The van der Waals surface area contributed by atoms with Crippen LogP contribution in [0.1, 0.15) is 24.4 Å². The molecule has 2 atom stereocenters. The van der Waals surface area contributed by atoms with Gasteiger partial charge in [-0.1, -0.05) is 41.6 Å². The molecule has 1 aliphatic heterocycles. The van der Waals surface area contributed by atoms with E-state index in [1.165, 1.54) is 16.7 Å². The standard InChI is InChI=1S/C29H31N5O5/c1-37-21-15-13-20(14-16-21)28(29(36)30-18-22-8-7-17-39-22)34(25-11-5-6-12-26(25)38-2)27(35)19-33-24-10-4-3-9-23(24)31-32-33/h3-6,9-16,22,28H,7-8,17-19H2,1-2H3,(H,30,36)/t22-,28+/m1/s1. The number of rotatable bonds is 10. The van der Waals surface area contributed by atoms with Gasteiger partial charge in [0.2, 0.25) is 11.8 Å². The first-order valence-electron chi connectivity index (χ1n) is 12.9. The number of nitrogens with zero attached hydrogens (tertiary/aromatic N) is 4. The second-order valence-corrected chi connectivity index (χ2v) is 9.23. The molecule has 1 N–H and O–H groups in total. The van der Waals surface area contributed by atoms with Crippen molar-refractivity contribution < 1.29 is 23.8 Å². The average Bonchev–Trinajstić information content (AvgIpc) is 3.65. The Labute approximate surface area is 226 Å². The number of methoxy groups -OCH3 is 2. The van der Waals surface area contributed by atoms with Crippen LogP contribution in [0, 0.1) is 0 Å². The number of hydrogen-bond acceptors (Lipinski definition) is 7. The van der Waals surface area contributed by atoms with Crippen molar-refractivity contribution in [2.24, 2.45) is 0 Å². The quantitative estimate of drug-likeness (QED) is 0.335. The lowest BCUT2D eigenvalue weighted by atomic mass is 10.0. The average molecular weight is 530 g/mol. The minimum Gasteiger partial charge on any atom is -0.497 e. The first-order valence-corrected chi connectivity index (χ1v) is 12.9. The molecular formula is C29H31N5O5. The van der Waals surface area contributed by atoms with Crippen molar-refractivity contribution in [1.82, 2.24) is 20.3 Å². The minimum absolute atomic E-state index is 0.0533. The summed E-state index contributed by atoms with van der Waals surface area (Å²) in [5.74, 6) is 0.405. The molecule has 0 radical (unpaired) electrons. The Morgan fingerprint density at radius 2 is 1.82 bits per heavy atom. The molecule has 0 bridgehead atoms. The van der Waals surface area contributed by atoms with Crippen LogP contribution in [0.3, 0.4) is 0 Å². The van der Waals surface area contributed by atoms with Crippen molar-refractivity contribution in [1.29, 1.82) is 0 Å². The molecule has 10 nitrogen and oxygen atoms in total. The molecule has 5 rings (SSSR count). The van der Waals surface area contributed by atoms with E-state index >= 15 is 0 Å². The first kappa shape index (κ1) is 26.2. The Morgan fingerprint density at radius 1 is 1.05 bits per heavy atom. The highest BCUT2D eigenvalue weighted by Gasteiger charge is 2.35. The van der Waals surface area contributed by atoms with Gasteiger partial charge in [-0.05, 0) is 54.8 Å². The molecule has 39 heavy (non-hydrogen) atoms. The zero-order valence-corrected chi connectivity index (χ0v) is 21.9. The number of aromatic nitrogens is 3. The van der Waals surface area contributed by atoms with Crippen molar-refractivity contribution in [2.45, 2.75) is 31.5 Å². The highest BCUT2D eigenvalue weighted by Crippen LogP contribution is 2.36. The Hall–Kier alpha value is -4.44. The van der Waals surface area contributed by atoms with Crippen LogP contribution in [0.2, 0.25) is 0 Å². The molecule has 0 spiro atoms. The Bertz CT molecular complexity index is 1430. The van der Waals surface area contributed by atoms with E-state index in [4.69, 9.17) is 14.2 Å². The molecule has 1 fully saturated rings. The van der Waals surface area contributed by atoms with Crippen molar-refractivity contribution >= 4 is 28.5 Å². The third-order valence-electron chi connectivity index (χ3n) is 6.78. The Balaban J connectivity index is 1.56. The van der Waals surface area contributed by atoms with E-state index in [2.05, 4.69) is 15.6 Å². The second kappa shape index (κ2) is 12.0. The van der Waals surface area contributed by atoms with Crippen LogP contribution in [0.5, 0.6) is 11.5 Å². The lowest BCUT2D eigenvalue weighted by molar-refractivity contribution is -0.127. The summed E-state index contributed by atoms with van der Waals surface area (Å²) in [7, 11) is 3.11.